The van der Waals surface area contributed by atoms with Gasteiger partial charge in [0.05, 0.1) is 37.2 Å². The Balaban J connectivity index is 1.62. The molecule has 1 aromatic rings. The summed E-state index contributed by atoms with van der Waals surface area (Å²) in [6.45, 7) is 0.577. The quantitative estimate of drug-likeness (QED) is 0.725. The summed E-state index contributed by atoms with van der Waals surface area (Å²) in [5, 5.41) is 26.1. The van der Waals surface area contributed by atoms with Crippen LogP contribution in [0.4, 0.5) is 4.79 Å². The number of nitrogens with zero attached hydrogens (tertiary/aromatic N) is 3. The van der Waals surface area contributed by atoms with E-state index in [2.05, 4.69) is 10.4 Å². The molecule has 2 heterocycles. The van der Waals surface area contributed by atoms with Gasteiger partial charge < -0.3 is 20.4 Å². The zero-order valence-corrected chi connectivity index (χ0v) is 12.2. The number of hydrogen-bond acceptors (Lipinski definition) is 4. The average Bonchev–Trinajstić information content (AvgIpc) is 3.14. The van der Waals surface area contributed by atoms with Crippen molar-refractivity contribution in [3.63, 3.8) is 0 Å². The Kier molecular flexibility index (Phi) is 3.86. The monoisotopic (exact) mass is 294 g/mol. The molecule has 1 aromatic heterocycles. The molecule has 1 saturated carbocycles. The van der Waals surface area contributed by atoms with Crippen LogP contribution in [-0.4, -0.2) is 56.2 Å². The second-order valence-corrected chi connectivity index (χ2v) is 5.98. The molecule has 1 saturated heterocycles. The zero-order valence-electron chi connectivity index (χ0n) is 12.2. The third kappa shape index (κ3) is 2.89. The van der Waals surface area contributed by atoms with Crippen molar-refractivity contribution in [3.8, 4) is 0 Å². The standard InChI is InChI=1S/C14H22N4O3/c1-17-13(12(5-16-17)9-2-3-9)6-15-14(21)18-7-11(20)4-10(18)8-19/h5,9-11,19-20H,2-4,6-8H2,1H3,(H,15,21)/t10-,11-/m0/s1. The lowest BCUT2D eigenvalue weighted by molar-refractivity contribution is 0.154. The summed E-state index contributed by atoms with van der Waals surface area (Å²) in [7, 11) is 1.88. The highest BCUT2D eigenvalue weighted by Gasteiger charge is 2.34. The van der Waals surface area contributed by atoms with Crippen molar-refractivity contribution in [2.75, 3.05) is 13.2 Å². The highest BCUT2D eigenvalue weighted by atomic mass is 16.3. The van der Waals surface area contributed by atoms with Crippen LogP contribution >= 0.6 is 0 Å². The van der Waals surface area contributed by atoms with E-state index in [4.69, 9.17) is 0 Å². The smallest absolute Gasteiger partial charge is 0.318 e. The molecule has 0 spiro atoms. The maximum absolute atomic E-state index is 12.2. The molecule has 0 bridgehead atoms. The molecule has 0 unspecified atom stereocenters. The average molecular weight is 294 g/mol. The maximum atomic E-state index is 12.2. The summed E-state index contributed by atoms with van der Waals surface area (Å²) < 4.78 is 1.80. The predicted molar refractivity (Wildman–Crippen MR) is 75.6 cm³/mol. The van der Waals surface area contributed by atoms with Crippen molar-refractivity contribution in [3.05, 3.63) is 17.5 Å². The lowest BCUT2D eigenvalue weighted by Crippen LogP contribution is -2.44. The molecule has 1 aliphatic heterocycles. The van der Waals surface area contributed by atoms with Gasteiger partial charge in [0.25, 0.3) is 0 Å². The van der Waals surface area contributed by atoms with Crippen LogP contribution in [0.15, 0.2) is 6.20 Å². The van der Waals surface area contributed by atoms with Gasteiger partial charge in [0, 0.05) is 13.6 Å². The van der Waals surface area contributed by atoms with Gasteiger partial charge in [0.15, 0.2) is 0 Å². The molecule has 2 fully saturated rings. The number of urea groups is 1. The number of hydrogen-bond donors (Lipinski definition) is 3. The fourth-order valence-electron chi connectivity index (χ4n) is 3.01. The minimum absolute atomic E-state index is 0.122. The lowest BCUT2D eigenvalue weighted by Gasteiger charge is -2.23. The fraction of sp³-hybridized carbons (Fsp3) is 0.714. The normalized spacial score (nSPS) is 25.4. The van der Waals surface area contributed by atoms with Gasteiger partial charge in [-0.15, -0.1) is 0 Å². The van der Waals surface area contributed by atoms with E-state index in [1.54, 1.807) is 4.68 Å². The number of aliphatic hydroxyl groups excluding tert-OH is 2. The van der Waals surface area contributed by atoms with Crippen molar-refractivity contribution in [2.45, 2.75) is 43.9 Å². The highest BCUT2D eigenvalue weighted by Crippen LogP contribution is 2.41. The van der Waals surface area contributed by atoms with Crippen LogP contribution < -0.4 is 5.32 Å². The van der Waals surface area contributed by atoms with Gasteiger partial charge in [-0.3, -0.25) is 4.68 Å². The number of rotatable bonds is 4. The van der Waals surface area contributed by atoms with Crippen LogP contribution in [0.2, 0.25) is 0 Å². The maximum Gasteiger partial charge on any atom is 0.318 e. The topological polar surface area (TPSA) is 90.6 Å². The van der Waals surface area contributed by atoms with Crippen molar-refractivity contribution in [2.24, 2.45) is 7.05 Å². The molecule has 0 aromatic carbocycles. The fourth-order valence-corrected chi connectivity index (χ4v) is 3.01. The van der Waals surface area contributed by atoms with Gasteiger partial charge in [-0.05, 0) is 30.7 Å². The molecular formula is C14H22N4O3. The summed E-state index contributed by atoms with van der Waals surface area (Å²) in [4.78, 5) is 13.7. The highest BCUT2D eigenvalue weighted by molar-refractivity contribution is 5.75. The van der Waals surface area contributed by atoms with E-state index in [1.165, 1.54) is 23.3 Å². The molecule has 3 N–H and O–H groups in total. The number of carbonyl (C=O) groups is 1. The number of likely N-dealkylation sites (tertiary alicyclic amines) is 1. The molecule has 0 radical (unpaired) electrons. The molecule has 7 nitrogen and oxygen atoms in total. The van der Waals surface area contributed by atoms with E-state index in [1.807, 2.05) is 13.2 Å². The first-order valence-electron chi connectivity index (χ1n) is 7.44. The Bertz CT molecular complexity index is 526. The first-order valence-corrected chi connectivity index (χ1v) is 7.44. The van der Waals surface area contributed by atoms with Gasteiger partial charge in [0.1, 0.15) is 0 Å². The largest absolute Gasteiger partial charge is 0.394 e. The van der Waals surface area contributed by atoms with E-state index < -0.39 is 6.10 Å². The second-order valence-electron chi connectivity index (χ2n) is 5.98. The van der Waals surface area contributed by atoms with E-state index in [-0.39, 0.29) is 25.2 Å². The van der Waals surface area contributed by atoms with Gasteiger partial charge in [-0.25, -0.2) is 4.79 Å². The Morgan fingerprint density at radius 1 is 1.52 bits per heavy atom. The number of aliphatic hydroxyl groups is 2. The van der Waals surface area contributed by atoms with Gasteiger partial charge in [-0.2, -0.15) is 5.10 Å². The van der Waals surface area contributed by atoms with Gasteiger partial charge in [-0.1, -0.05) is 0 Å². The first-order chi connectivity index (χ1) is 10.1. The molecule has 21 heavy (non-hydrogen) atoms. The van der Waals surface area contributed by atoms with Crippen LogP contribution in [0, 0.1) is 0 Å². The molecule has 2 aliphatic rings. The SMILES string of the molecule is Cn1ncc(C2CC2)c1CNC(=O)N1C[C@@H](O)C[C@H]1CO. The van der Waals surface area contributed by atoms with Crippen LogP contribution in [0.25, 0.3) is 0 Å². The van der Waals surface area contributed by atoms with E-state index in [9.17, 15) is 15.0 Å². The van der Waals surface area contributed by atoms with Crippen LogP contribution in [0.3, 0.4) is 0 Å². The van der Waals surface area contributed by atoms with E-state index in [0.717, 1.165) is 5.69 Å². The predicted octanol–water partition coefficient (Wildman–Crippen LogP) is -0.0654. The number of β-amino-alcohol motifs (C(OH)–C–C–N with tert-alkyl or cyclic N) is 1. The summed E-state index contributed by atoms with van der Waals surface area (Å²) in [6, 6.07) is -0.539. The minimum Gasteiger partial charge on any atom is -0.394 e. The Morgan fingerprint density at radius 3 is 2.95 bits per heavy atom. The Hall–Kier alpha value is -1.60. The second kappa shape index (κ2) is 5.65. The van der Waals surface area contributed by atoms with Crippen LogP contribution in [0.1, 0.15) is 36.4 Å². The zero-order chi connectivity index (χ0) is 15.0. The number of carbonyl (C=O) groups excluding carboxylic acids is 1. The summed E-state index contributed by atoms with van der Waals surface area (Å²) >= 11 is 0. The number of amides is 2. The lowest BCUT2D eigenvalue weighted by atomic mass is 10.1. The third-order valence-electron chi connectivity index (χ3n) is 4.38. The van der Waals surface area contributed by atoms with Gasteiger partial charge in [0.2, 0.25) is 0 Å². The van der Waals surface area contributed by atoms with Crippen LogP contribution in [0.5, 0.6) is 0 Å². The van der Waals surface area contributed by atoms with Crippen molar-refractivity contribution < 1.29 is 15.0 Å². The number of nitrogens with one attached hydrogen (secondary N) is 1. The molecule has 3 rings (SSSR count). The summed E-state index contributed by atoms with van der Waals surface area (Å²) in [6.07, 6.45) is 4.15. The Morgan fingerprint density at radius 2 is 2.29 bits per heavy atom. The molecule has 2 amide bonds. The third-order valence-corrected chi connectivity index (χ3v) is 4.38. The van der Waals surface area contributed by atoms with Crippen LogP contribution in [-0.2, 0) is 13.6 Å². The molecular weight excluding hydrogens is 272 g/mol. The van der Waals surface area contributed by atoms with E-state index in [0.29, 0.717) is 18.9 Å². The Labute approximate surface area is 123 Å². The molecule has 2 atom stereocenters. The summed E-state index contributed by atoms with van der Waals surface area (Å²) in [5.74, 6) is 0.587. The number of aromatic nitrogens is 2. The molecule has 7 heteroatoms. The molecule has 1 aliphatic carbocycles. The summed E-state index contributed by atoms with van der Waals surface area (Å²) in [5.41, 5.74) is 2.25. The molecule has 116 valence electrons. The van der Waals surface area contributed by atoms with Crippen molar-refractivity contribution in [1.82, 2.24) is 20.0 Å². The van der Waals surface area contributed by atoms with Crippen molar-refractivity contribution in [1.29, 1.82) is 0 Å². The first kappa shape index (κ1) is 14.3. The number of aryl methyl sites for hydroxylation is 1. The minimum atomic E-state index is -0.549. The van der Waals surface area contributed by atoms with Gasteiger partial charge >= 0.3 is 6.03 Å². The van der Waals surface area contributed by atoms with E-state index >= 15 is 0 Å². The van der Waals surface area contributed by atoms with Crippen molar-refractivity contribution >= 4 is 6.03 Å².